The van der Waals surface area contributed by atoms with Crippen LogP contribution < -0.4 is 0 Å². The van der Waals surface area contributed by atoms with Crippen molar-refractivity contribution in [3.63, 3.8) is 0 Å². The van der Waals surface area contributed by atoms with Gasteiger partial charge in [-0.3, -0.25) is 9.59 Å². The van der Waals surface area contributed by atoms with E-state index in [0.717, 1.165) is 38.5 Å². The van der Waals surface area contributed by atoms with Crippen LogP contribution in [-0.4, -0.2) is 30.4 Å². The molecule has 3 aliphatic carbocycles. The standard InChI is InChI=1S/C22H36O5/c1-5-22(3,4)21(24)27-19-13-15-11-17(19)18(12-15)20(23)26-14(2)25-16-9-7-6-8-10-16/h14-19H,5-13H2,1-4H3. The van der Waals surface area contributed by atoms with Crippen LogP contribution in [0.1, 0.15) is 85.5 Å². The highest BCUT2D eigenvalue weighted by Gasteiger charge is 2.52. The van der Waals surface area contributed by atoms with E-state index < -0.39 is 11.7 Å². The number of fused-ring (bicyclic) bond motifs is 2. The summed E-state index contributed by atoms with van der Waals surface area (Å²) in [6.07, 6.45) is 8.78. The molecule has 3 aliphatic rings. The molecule has 0 spiro atoms. The molecule has 0 N–H and O–H groups in total. The zero-order valence-corrected chi connectivity index (χ0v) is 17.4. The maximum Gasteiger partial charge on any atom is 0.311 e. The summed E-state index contributed by atoms with van der Waals surface area (Å²) in [4.78, 5) is 25.2. The number of carbonyl (C=O) groups is 2. The summed E-state index contributed by atoms with van der Waals surface area (Å²) in [5.41, 5.74) is -0.472. The second-order valence-corrected chi connectivity index (χ2v) is 9.43. The van der Waals surface area contributed by atoms with Gasteiger partial charge >= 0.3 is 11.9 Å². The molecule has 27 heavy (non-hydrogen) atoms. The number of hydrogen-bond acceptors (Lipinski definition) is 5. The van der Waals surface area contributed by atoms with Gasteiger partial charge in [-0.1, -0.05) is 26.2 Å². The van der Waals surface area contributed by atoms with E-state index in [1.807, 2.05) is 27.7 Å². The minimum Gasteiger partial charge on any atom is -0.462 e. The summed E-state index contributed by atoms with van der Waals surface area (Å²) in [6, 6.07) is 0. The van der Waals surface area contributed by atoms with E-state index in [-0.39, 0.29) is 36.0 Å². The van der Waals surface area contributed by atoms with Crippen molar-refractivity contribution in [2.24, 2.45) is 23.2 Å². The van der Waals surface area contributed by atoms with E-state index in [0.29, 0.717) is 5.92 Å². The fraction of sp³-hybridized carbons (Fsp3) is 0.909. The van der Waals surface area contributed by atoms with Crippen molar-refractivity contribution in [1.82, 2.24) is 0 Å². The lowest BCUT2D eigenvalue weighted by Crippen LogP contribution is -2.38. The molecule has 0 aliphatic heterocycles. The van der Waals surface area contributed by atoms with Crippen LogP contribution in [0.4, 0.5) is 0 Å². The molecule has 5 nitrogen and oxygen atoms in total. The predicted octanol–water partition coefficient (Wildman–Crippen LogP) is 4.62. The van der Waals surface area contributed by atoms with Gasteiger partial charge in [-0.2, -0.15) is 0 Å². The lowest BCUT2D eigenvalue weighted by atomic mass is 9.86. The summed E-state index contributed by atoms with van der Waals surface area (Å²) < 4.78 is 17.4. The number of hydrogen-bond donors (Lipinski definition) is 0. The summed E-state index contributed by atoms with van der Waals surface area (Å²) in [7, 11) is 0. The van der Waals surface area contributed by atoms with Crippen LogP contribution in [0.2, 0.25) is 0 Å². The Morgan fingerprint density at radius 1 is 1.07 bits per heavy atom. The highest BCUT2D eigenvalue weighted by Crippen LogP contribution is 2.50. The minimum absolute atomic E-state index is 0.0981. The molecule has 3 fully saturated rings. The van der Waals surface area contributed by atoms with Crippen LogP contribution in [0.5, 0.6) is 0 Å². The molecule has 0 radical (unpaired) electrons. The molecule has 0 aromatic rings. The molecule has 3 saturated carbocycles. The maximum absolute atomic E-state index is 12.7. The predicted molar refractivity (Wildman–Crippen MR) is 102 cm³/mol. The summed E-state index contributed by atoms with van der Waals surface area (Å²) in [5, 5.41) is 0. The molecule has 5 heteroatoms. The SMILES string of the molecule is CCC(C)(C)C(=O)OC1CC2CC(C(=O)OC(C)OC3CCCCC3)C1C2. The van der Waals surface area contributed by atoms with Gasteiger partial charge in [0.1, 0.15) is 6.10 Å². The van der Waals surface area contributed by atoms with E-state index in [4.69, 9.17) is 14.2 Å². The Hall–Kier alpha value is -1.10. The monoisotopic (exact) mass is 380 g/mol. The topological polar surface area (TPSA) is 61.8 Å². The van der Waals surface area contributed by atoms with E-state index in [1.54, 1.807) is 0 Å². The van der Waals surface area contributed by atoms with Gasteiger partial charge in [0.25, 0.3) is 0 Å². The fourth-order valence-corrected chi connectivity index (χ4v) is 4.88. The Morgan fingerprint density at radius 2 is 1.78 bits per heavy atom. The van der Waals surface area contributed by atoms with Crippen molar-refractivity contribution >= 4 is 11.9 Å². The van der Waals surface area contributed by atoms with Crippen molar-refractivity contribution in [2.45, 2.75) is 104 Å². The second-order valence-electron chi connectivity index (χ2n) is 9.43. The van der Waals surface area contributed by atoms with E-state index >= 15 is 0 Å². The third-order valence-corrected chi connectivity index (χ3v) is 6.97. The Labute approximate surface area is 163 Å². The summed E-state index contributed by atoms with van der Waals surface area (Å²) in [6.45, 7) is 7.65. The zero-order chi connectivity index (χ0) is 19.6. The van der Waals surface area contributed by atoms with Gasteiger partial charge in [-0.15, -0.1) is 0 Å². The van der Waals surface area contributed by atoms with Crippen molar-refractivity contribution in [3.8, 4) is 0 Å². The molecule has 5 unspecified atom stereocenters. The lowest BCUT2D eigenvalue weighted by Gasteiger charge is -2.32. The van der Waals surface area contributed by atoms with E-state index in [1.165, 1.54) is 19.3 Å². The van der Waals surface area contributed by atoms with Gasteiger partial charge in [-0.25, -0.2) is 0 Å². The zero-order valence-electron chi connectivity index (χ0n) is 17.4. The molecule has 154 valence electrons. The van der Waals surface area contributed by atoms with Crippen molar-refractivity contribution < 1.29 is 23.8 Å². The van der Waals surface area contributed by atoms with Gasteiger partial charge in [0.15, 0.2) is 6.29 Å². The van der Waals surface area contributed by atoms with Crippen LogP contribution in [-0.2, 0) is 23.8 Å². The van der Waals surface area contributed by atoms with E-state index in [9.17, 15) is 9.59 Å². The summed E-state index contributed by atoms with van der Waals surface area (Å²) in [5.74, 6) is 0.0688. The van der Waals surface area contributed by atoms with Crippen LogP contribution in [0, 0.1) is 23.2 Å². The number of carbonyl (C=O) groups excluding carboxylic acids is 2. The average Bonchev–Trinajstić information content (AvgIpc) is 3.22. The normalized spacial score (nSPS) is 32.3. The molecule has 0 aromatic carbocycles. The van der Waals surface area contributed by atoms with Gasteiger partial charge in [0.05, 0.1) is 17.4 Å². The second kappa shape index (κ2) is 8.50. The number of rotatable bonds is 7. The lowest BCUT2D eigenvalue weighted by molar-refractivity contribution is -0.195. The van der Waals surface area contributed by atoms with Gasteiger partial charge < -0.3 is 14.2 Å². The van der Waals surface area contributed by atoms with Crippen LogP contribution >= 0.6 is 0 Å². The third kappa shape index (κ3) is 4.85. The Balaban J connectivity index is 1.51. The molecule has 2 bridgehead atoms. The first-order valence-corrected chi connectivity index (χ1v) is 10.9. The van der Waals surface area contributed by atoms with Gasteiger partial charge in [-0.05, 0) is 65.2 Å². The molecule has 0 aromatic heterocycles. The first-order valence-electron chi connectivity index (χ1n) is 10.9. The van der Waals surface area contributed by atoms with Crippen molar-refractivity contribution in [1.29, 1.82) is 0 Å². The average molecular weight is 381 g/mol. The molecule has 0 saturated heterocycles. The van der Waals surface area contributed by atoms with Crippen LogP contribution in [0.25, 0.3) is 0 Å². The summed E-state index contributed by atoms with van der Waals surface area (Å²) >= 11 is 0. The Morgan fingerprint density at radius 3 is 2.41 bits per heavy atom. The highest BCUT2D eigenvalue weighted by atomic mass is 16.7. The fourth-order valence-electron chi connectivity index (χ4n) is 4.88. The smallest absolute Gasteiger partial charge is 0.311 e. The first kappa shape index (κ1) is 20.6. The van der Waals surface area contributed by atoms with Crippen LogP contribution in [0.3, 0.4) is 0 Å². The minimum atomic E-state index is -0.500. The van der Waals surface area contributed by atoms with Gasteiger partial charge in [0, 0.05) is 5.92 Å². The Bertz CT molecular complexity index is 537. The highest BCUT2D eigenvalue weighted by molar-refractivity contribution is 5.76. The first-order chi connectivity index (χ1) is 12.8. The van der Waals surface area contributed by atoms with E-state index in [2.05, 4.69) is 0 Å². The van der Waals surface area contributed by atoms with Crippen LogP contribution in [0.15, 0.2) is 0 Å². The quantitative estimate of drug-likeness (QED) is 0.476. The maximum atomic E-state index is 12.7. The molecular formula is C22H36O5. The molecule has 0 amide bonds. The molecular weight excluding hydrogens is 344 g/mol. The molecule has 3 rings (SSSR count). The number of esters is 2. The molecule has 0 heterocycles. The van der Waals surface area contributed by atoms with Gasteiger partial charge in [0.2, 0.25) is 0 Å². The van der Waals surface area contributed by atoms with Crippen molar-refractivity contribution in [2.75, 3.05) is 0 Å². The Kier molecular flexibility index (Phi) is 6.50. The number of ether oxygens (including phenoxy) is 3. The molecule has 5 atom stereocenters. The third-order valence-electron chi connectivity index (χ3n) is 6.97. The van der Waals surface area contributed by atoms with Crippen molar-refractivity contribution in [3.05, 3.63) is 0 Å². The largest absolute Gasteiger partial charge is 0.462 e.